The summed E-state index contributed by atoms with van der Waals surface area (Å²) in [7, 11) is 1.97. The number of likely N-dealkylation sites (N-methyl/N-ethyl adjacent to an activating group) is 1. The number of rotatable bonds is 6. The van der Waals surface area contributed by atoms with Gasteiger partial charge in [0.2, 0.25) is 5.91 Å². The van der Waals surface area contributed by atoms with Crippen molar-refractivity contribution >= 4 is 22.5 Å². The molecule has 0 bridgehead atoms. The number of amides is 1. The molecule has 25 heavy (non-hydrogen) atoms. The van der Waals surface area contributed by atoms with E-state index in [0.717, 1.165) is 5.69 Å². The summed E-state index contributed by atoms with van der Waals surface area (Å²) in [6.45, 7) is 1.15. The second-order valence-corrected chi connectivity index (χ2v) is 5.80. The minimum Gasteiger partial charge on any atom is -0.373 e. The van der Waals surface area contributed by atoms with Crippen molar-refractivity contribution in [2.45, 2.75) is 6.54 Å². The Labute approximate surface area is 145 Å². The molecule has 1 aromatic heterocycles. The smallest absolute Gasteiger partial charge is 0.261 e. The second-order valence-electron chi connectivity index (χ2n) is 5.80. The number of hydrogen-bond acceptors (Lipinski definition) is 4. The van der Waals surface area contributed by atoms with E-state index in [4.69, 9.17) is 0 Å². The van der Waals surface area contributed by atoms with E-state index in [-0.39, 0.29) is 18.0 Å². The fraction of sp³-hybridized carbons (Fsp3) is 0.211. The van der Waals surface area contributed by atoms with Crippen molar-refractivity contribution in [2.24, 2.45) is 0 Å². The van der Waals surface area contributed by atoms with E-state index in [0.29, 0.717) is 24.0 Å². The number of benzene rings is 2. The molecule has 1 N–H and O–H groups in total. The van der Waals surface area contributed by atoms with Gasteiger partial charge in [0, 0.05) is 25.8 Å². The highest BCUT2D eigenvalue weighted by molar-refractivity contribution is 5.78. The third-order valence-corrected chi connectivity index (χ3v) is 4.01. The Bertz CT molecular complexity index is 921. The van der Waals surface area contributed by atoms with Gasteiger partial charge in [0.1, 0.15) is 6.54 Å². The van der Waals surface area contributed by atoms with Gasteiger partial charge < -0.3 is 10.2 Å². The van der Waals surface area contributed by atoms with Crippen molar-refractivity contribution in [1.82, 2.24) is 14.9 Å². The van der Waals surface area contributed by atoms with Crippen molar-refractivity contribution in [3.8, 4) is 0 Å². The van der Waals surface area contributed by atoms with Gasteiger partial charge in [0.05, 0.1) is 17.2 Å². The largest absolute Gasteiger partial charge is 0.373 e. The Morgan fingerprint density at radius 2 is 1.84 bits per heavy atom. The molecule has 0 aliphatic carbocycles. The van der Waals surface area contributed by atoms with E-state index >= 15 is 0 Å². The zero-order chi connectivity index (χ0) is 17.6. The van der Waals surface area contributed by atoms with Crippen LogP contribution in [-0.2, 0) is 11.3 Å². The molecule has 6 heteroatoms. The number of nitrogens with zero attached hydrogens (tertiary/aromatic N) is 3. The van der Waals surface area contributed by atoms with Crippen LogP contribution >= 0.6 is 0 Å². The predicted molar refractivity (Wildman–Crippen MR) is 98.7 cm³/mol. The molecular formula is C19H20N4O2. The van der Waals surface area contributed by atoms with Crippen molar-refractivity contribution in [3.05, 3.63) is 71.3 Å². The molecule has 2 aromatic carbocycles. The Kier molecular flexibility index (Phi) is 5.09. The summed E-state index contributed by atoms with van der Waals surface area (Å²) < 4.78 is 1.33. The molecule has 1 amide bonds. The molecule has 0 unspecified atom stereocenters. The molecule has 0 saturated heterocycles. The topological polar surface area (TPSA) is 67.2 Å². The molecule has 3 rings (SSSR count). The van der Waals surface area contributed by atoms with Crippen molar-refractivity contribution in [1.29, 1.82) is 0 Å². The van der Waals surface area contributed by atoms with E-state index in [2.05, 4.69) is 15.2 Å². The number of carbonyl (C=O) groups is 1. The molecule has 0 aliphatic heterocycles. The summed E-state index contributed by atoms with van der Waals surface area (Å²) in [6, 6.07) is 17.1. The van der Waals surface area contributed by atoms with Crippen LogP contribution in [0.1, 0.15) is 0 Å². The molecule has 3 aromatic rings. The average molecular weight is 336 g/mol. The monoisotopic (exact) mass is 336 g/mol. The highest BCUT2D eigenvalue weighted by atomic mass is 16.2. The normalized spacial score (nSPS) is 10.6. The first kappa shape index (κ1) is 16.7. The quantitative estimate of drug-likeness (QED) is 0.743. The van der Waals surface area contributed by atoms with E-state index in [9.17, 15) is 9.59 Å². The Balaban J connectivity index is 1.56. The molecule has 1 heterocycles. The van der Waals surface area contributed by atoms with Crippen molar-refractivity contribution in [2.75, 3.05) is 25.0 Å². The third kappa shape index (κ3) is 4.03. The number of anilines is 1. The number of carbonyl (C=O) groups excluding carboxylic acids is 1. The van der Waals surface area contributed by atoms with Crippen molar-refractivity contribution < 1.29 is 4.79 Å². The molecule has 0 saturated carbocycles. The average Bonchev–Trinajstić information content (AvgIpc) is 2.65. The van der Waals surface area contributed by atoms with Gasteiger partial charge >= 0.3 is 0 Å². The molecule has 0 aliphatic rings. The SMILES string of the molecule is CN(CCNC(=O)Cn1cnc2ccccc2c1=O)c1ccccc1. The molecule has 0 radical (unpaired) electrons. The van der Waals surface area contributed by atoms with Gasteiger partial charge in [-0.05, 0) is 24.3 Å². The van der Waals surface area contributed by atoms with Gasteiger partial charge in [-0.3, -0.25) is 14.2 Å². The number of aromatic nitrogens is 2. The molecule has 0 spiro atoms. The lowest BCUT2D eigenvalue weighted by molar-refractivity contribution is -0.121. The van der Waals surface area contributed by atoms with Crippen LogP contribution in [-0.4, -0.2) is 35.6 Å². The number of hydrogen-bond donors (Lipinski definition) is 1. The highest BCUT2D eigenvalue weighted by Gasteiger charge is 2.08. The molecular weight excluding hydrogens is 316 g/mol. The maximum Gasteiger partial charge on any atom is 0.261 e. The van der Waals surface area contributed by atoms with E-state index in [1.54, 1.807) is 18.2 Å². The first-order valence-corrected chi connectivity index (χ1v) is 8.12. The molecule has 128 valence electrons. The van der Waals surface area contributed by atoms with E-state index < -0.39 is 0 Å². The molecule has 6 nitrogen and oxygen atoms in total. The van der Waals surface area contributed by atoms with Gasteiger partial charge in [-0.15, -0.1) is 0 Å². The Hall–Kier alpha value is -3.15. The molecule has 0 atom stereocenters. The lowest BCUT2D eigenvalue weighted by atomic mass is 10.2. The van der Waals surface area contributed by atoms with Crippen LogP contribution in [0.4, 0.5) is 5.69 Å². The Morgan fingerprint density at radius 3 is 2.64 bits per heavy atom. The van der Waals surface area contributed by atoms with Gasteiger partial charge in [0.25, 0.3) is 5.56 Å². The number of nitrogens with one attached hydrogen (secondary N) is 1. The fourth-order valence-electron chi connectivity index (χ4n) is 2.60. The van der Waals surface area contributed by atoms with Crippen LogP contribution in [0.15, 0.2) is 65.7 Å². The van der Waals surface area contributed by atoms with E-state index in [1.165, 1.54) is 10.9 Å². The minimum absolute atomic E-state index is 0.0360. The Morgan fingerprint density at radius 1 is 1.12 bits per heavy atom. The minimum atomic E-state index is -0.208. The van der Waals surface area contributed by atoms with Gasteiger partial charge in [-0.25, -0.2) is 4.98 Å². The van der Waals surface area contributed by atoms with Crippen LogP contribution in [0.2, 0.25) is 0 Å². The van der Waals surface area contributed by atoms with Crippen LogP contribution in [0.3, 0.4) is 0 Å². The fourth-order valence-corrected chi connectivity index (χ4v) is 2.60. The summed E-state index contributed by atoms with van der Waals surface area (Å²) in [4.78, 5) is 30.7. The first-order chi connectivity index (χ1) is 12.1. The number of para-hydroxylation sites is 2. The first-order valence-electron chi connectivity index (χ1n) is 8.12. The standard InChI is InChI=1S/C19H20N4O2/c1-22(15-7-3-2-4-8-15)12-11-20-18(24)13-23-14-21-17-10-6-5-9-16(17)19(23)25/h2-10,14H,11-13H2,1H3,(H,20,24). The maximum atomic E-state index is 12.4. The summed E-state index contributed by atoms with van der Waals surface area (Å²) in [6.07, 6.45) is 1.42. The van der Waals surface area contributed by atoms with Gasteiger partial charge in [-0.2, -0.15) is 0 Å². The summed E-state index contributed by atoms with van der Waals surface area (Å²) in [5.41, 5.74) is 1.52. The summed E-state index contributed by atoms with van der Waals surface area (Å²) in [5.74, 6) is -0.208. The molecule has 0 fully saturated rings. The summed E-state index contributed by atoms with van der Waals surface area (Å²) in [5, 5.41) is 3.35. The maximum absolute atomic E-state index is 12.4. The van der Waals surface area contributed by atoms with Crippen molar-refractivity contribution in [3.63, 3.8) is 0 Å². The zero-order valence-corrected chi connectivity index (χ0v) is 14.1. The van der Waals surface area contributed by atoms with Crippen LogP contribution in [0, 0.1) is 0 Å². The van der Waals surface area contributed by atoms with Gasteiger partial charge in [0.15, 0.2) is 0 Å². The van der Waals surface area contributed by atoms with E-state index in [1.807, 2.05) is 43.4 Å². The highest BCUT2D eigenvalue weighted by Crippen LogP contribution is 2.09. The predicted octanol–water partition coefficient (Wildman–Crippen LogP) is 1.65. The van der Waals surface area contributed by atoms with Crippen LogP contribution < -0.4 is 15.8 Å². The van der Waals surface area contributed by atoms with Crippen LogP contribution in [0.25, 0.3) is 10.9 Å². The number of fused-ring (bicyclic) bond motifs is 1. The van der Waals surface area contributed by atoms with Gasteiger partial charge in [-0.1, -0.05) is 30.3 Å². The lowest BCUT2D eigenvalue weighted by Gasteiger charge is -2.19. The lowest BCUT2D eigenvalue weighted by Crippen LogP contribution is -2.36. The van der Waals surface area contributed by atoms with Crippen LogP contribution in [0.5, 0.6) is 0 Å². The zero-order valence-electron chi connectivity index (χ0n) is 14.1. The summed E-state index contributed by atoms with van der Waals surface area (Å²) >= 11 is 0. The third-order valence-electron chi connectivity index (χ3n) is 4.01. The second kappa shape index (κ2) is 7.61.